The van der Waals surface area contributed by atoms with Crippen LogP contribution in [0, 0.1) is 0 Å². The van der Waals surface area contributed by atoms with Gasteiger partial charge in [0, 0.05) is 6.07 Å². The Hall–Kier alpha value is -0.440. The summed E-state index contributed by atoms with van der Waals surface area (Å²) in [5.74, 6) is 0.607. The van der Waals surface area contributed by atoms with Crippen molar-refractivity contribution in [1.82, 2.24) is 0 Å². The lowest BCUT2D eigenvalue weighted by Crippen LogP contribution is -2.12. The first-order chi connectivity index (χ1) is 6.09. The lowest BCUT2D eigenvalue weighted by molar-refractivity contribution is 0.123. The molecular formula is C9H10Cl2O2. The van der Waals surface area contributed by atoms with Crippen molar-refractivity contribution in [3.05, 3.63) is 28.2 Å². The molecule has 1 atom stereocenters. The van der Waals surface area contributed by atoms with Gasteiger partial charge in [-0.15, -0.1) is 0 Å². The number of ether oxygens (including phenoxy) is 1. The number of rotatable bonds is 3. The van der Waals surface area contributed by atoms with E-state index in [1.807, 2.05) is 0 Å². The number of aliphatic hydroxyl groups excluding tert-OH is 1. The molecule has 0 bridgehead atoms. The van der Waals surface area contributed by atoms with Crippen LogP contribution in [-0.4, -0.2) is 17.8 Å². The minimum Gasteiger partial charge on any atom is -0.491 e. The molecule has 1 rings (SSSR count). The lowest BCUT2D eigenvalue weighted by Gasteiger charge is -2.08. The predicted octanol–water partition coefficient (Wildman–Crippen LogP) is 2.75. The third-order valence-corrected chi connectivity index (χ3v) is 2.12. The largest absolute Gasteiger partial charge is 0.491 e. The third kappa shape index (κ3) is 3.43. The van der Waals surface area contributed by atoms with Crippen LogP contribution in [0.5, 0.6) is 5.75 Å². The summed E-state index contributed by atoms with van der Waals surface area (Å²) in [5, 5.41) is 9.89. The predicted molar refractivity (Wildman–Crippen MR) is 53.6 cm³/mol. The molecule has 0 spiro atoms. The van der Waals surface area contributed by atoms with Crippen molar-refractivity contribution < 1.29 is 9.84 Å². The zero-order valence-electron chi connectivity index (χ0n) is 7.13. The van der Waals surface area contributed by atoms with Crippen molar-refractivity contribution in [3.63, 3.8) is 0 Å². The molecule has 2 nitrogen and oxygen atoms in total. The van der Waals surface area contributed by atoms with Crippen molar-refractivity contribution in [1.29, 1.82) is 0 Å². The zero-order chi connectivity index (χ0) is 9.84. The molecule has 1 aromatic rings. The van der Waals surface area contributed by atoms with Crippen LogP contribution in [0.25, 0.3) is 0 Å². The maximum absolute atomic E-state index is 8.95. The van der Waals surface area contributed by atoms with Gasteiger partial charge in [0.25, 0.3) is 0 Å². The van der Waals surface area contributed by atoms with Crippen molar-refractivity contribution in [2.75, 3.05) is 6.61 Å². The molecule has 0 saturated heterocycles. The average molecular weight is 221 g/mol. The van der Waals surface area contributed by atoms with Gasteiger partial charge < -0.3 is 9.84 Å². The fraction of sp³-hybridized carbons (Fsp3) is 0.333. The molecule has 0 unspecified atom stereocenters. The lowest BCUT2D eigenvalue weighted by atomic mass is 10.3. The summed E-state index contributed by atoms with van der Waals surface area (Å²) in [6.07, 6.45) is -0.491. The summed E-state index contributed by atoms with van der Waals surface area (Å²) in [5.41, 5.74) is 0. The van der Waals surface area contributed by atoms with Crippen LogP contribution in [0.2, 0.25) is 10.0 Å². The normalized spacial score (nSPS) is 12.6. The second-order valence-corrected chi connectivity index (χ2v) is 3.55. The average Bonchev–Trinajstić information content (AvgIpc) is 2.07. The molecular weight excluding hydrogens is 211 g/mol. The van der Waals surface area contributed by atoms with Gasteiger partial charge in [0.2, 0.25) is 0 Å². The molecule has 0 aliphatic heterocycles. The summed E-state index contributed by atoms with van der Waals surface area (Å²) < 4.78 is 5.21. The van der Waals surface area contributed by atoms with Gasteiger partial charge in [-0.1, -0.05) is 23.2 Å². The fourth-order valence-corrected chi connectivity index (χ4v) is 1.07. The molecule has 72 valence electrons. The number of benzene rings is 1. The first-order valence-corrected chi connectivity index (χ1v) is 4.61. The number of aliphatic hydroxyl groups is 1. The van der Waals surface area contributed by atoms with Crippen LogP contribution in [0.3, 0.4) is 0 Å². The summed E-state index contributed by atoms with van der Waals surface area (Å²) in [7, 11) is 0. The molecule has 0 radical (unpaired) electrons. The van der Waals surface area contributed by atoms with Crippen molar-refractivity contribution in [2.45, 2.75) is 13.0 Å². The highest BCUT2D eigenvalue weighted by Crippen LogP contribution is 2.26. The highest BCUT2D eigenvalue weighted by Gasteiger charge is 2.01. The Morgan fingerprint density at radius 2 is 2.08 bits per heavy atom. The second kappa shape index (κ2) is 4.70. The Bertz CT molecular complexity index is 287. The summed E-state index contributed by atoms with van der Waals surface area (Å²) in [6, 6.07) is 4.98. The Kier molecular flexibility index (Phi) is 3.85. The molecule has 1 aromatic carbocycles. The highest BCUT2D eigenvalue weighted by atomic mass is 35.5. The quantitative estimate of drug-likeness (QED) is 0.850. The molecule has 0 aromatic heterocycles. The van der Waals surface area contributed by atoms with E-state index < -0.39 is 6.10 Å². The number of halogens is 2. The van der Waals surface area contributed by atoms with Gasteiger partial charge in [-0.3, -0.25) is 0 Å². The Morgan fingerprint density at radius 1 is 1.38 bits per heavy atom. The molecule has 4 heteroatoms. The maximum Gasteiger partial charge on any atom is 0.121 e. The molecule has 13 heavy (non-hydrogen) atoms. The monoisotopic (exact) mass is 220 g/mol. The van der Waals surface area contributed by atoms with Gasteiger partial charge in [0.1, 0.15) is 12.4 Å². The van der Waals surface area contributed by atoms with Gasteiger partial charge in [0.05, 0.1) is 16.1 Å². The topological polar surface area (TPSA) is 29.5 Å². The molecule has 0 amide bonds. The maximum atomic E-state index is 8.95. The van der Waals surface area contributed by atoms with Crippen LogP contribution < -0.4 is 4.74 Å². The fourth-order valence-electron chi connectivity index (χ4n) is 0.783. The minimum atomic E-state index is -0.491. The van der Waals surface area contributed by atoms with Gasteiger partial charge in [-0.2, -0.15) is 0 Å². The van der Waals surface area contributed by atoms with Crippen LogP contribution >= 0.6 is 23.2 Å². The smallest absolute Gasteiger partial charge is 0.121 e. The first kappa shape index (κ1) is 10.6. The molecule has 0 fully saturated rings. The van der Waals surface area contributed by atoms with Crippen LogP contribution in [0.4, 0.5) is 0 Å². The second-order valence-electron chi connectivity index (χ2n) is 2.74. The molecule has 0 saturated carbocycles. The highest BCUT2D eigenvalue weighted by molar-refractivity contribution is 6.42. The molecule has 0 heterocycles. The zero-order valence-corrected chi connectivity index (χ0v) is 8.64. The Labute approximate surface area is 87.0 Å². The Balaban J connectivity index is 2.63. The molecule has 0 aliphatic carbocycles. The van der Waals surface area contributed by atoms with Crippen molar-refractivity contribution in [2.24, 2.45) is 0 Å². The summed E-state index contributed by atoms with van der Waals surface area (Å²) >= 11 is 11.5. The van der Waals surface area contributed by atoms with Crippen molar-refractivity contribution in [3.8, 4) is 5.75 Å². The Morgan fingerprint density at radius 3 is 2.62 bits per heavy atom. The van der Waals surface area contributed by atoms with Gasteiger partial charge in [-0.25, -0.2) is 0 Å². The SMILES string of the molecule is C[C@@H](O)COc1ccc(Cl)c(Cl)c1. The van der Waals surface area contributed by atoms with E-state index in [0.29, 0.717) is 15.8 Å². The minimum absolute atomic E-state index is 0.248. The van der Waals surface area contributed by atoms with E-state index in [1.165, 1.54) is 0 Å². The van der Waals surface area contributed by atoms with Crippen LogP contribution in [-0.2, 0) is 0 Å². The van der Waals surface area contributed by atoms with E-state index in [1.54, 1.807) is 25.1 Å². The summed E-state index contributed by atoms with van der Waals surface area (Å²) in [6.45, 7) is 1.90. The van der Waals surface area contributed by atoms with E-state index in [-0.39, 0.29) is 6.61 Å². The van der Waals surface area contributed by atoms with Crippen LogP contribution in [0.15, 0.2) is 18.2 Å². The standard InChI is InChI=1S/C9H10Cl2O2/c1-6(12)5-13-7-2-3-8(10)9(11)4-7/h2-4,6,12H,5H2,1H3/t6-/m1/s1. The van der Waals surface area contributed by atoms with Gasteiger partial charge >= 0.3 is 0 Å². The van der Waals surface area contributed by atoms with Crippen molar-refractivity contribution >= 4 is 23.2 Å². The summed E-state index contributed by atoms with van der Waals surface area (Å²) in [4.78, 5) is 0. The number of hydrogen-bond acceptors (Lipinski definition) is 2. The third-order valence-electron chi connectivity index (χ3n) is 1.38. The van der Waals surface area contributed by atoms with E-state index in [2.05, 4.69) is 0 Å². The first-order valence-electron chi connectivity index (χ1n) is 3.85. The molecule has 1 N–H and O–H groups in total. The van der Waals surface area contributed by atoms with Gasteiger partial charge in [-0.05, 0) is 19.1 Å². The van der Waals surface area contributed by atoms with Gasteiger partial charge in [0.15, 0.2) is 0 Å². The van der Waals surface area contributed by atoms with E-state index in [0.717, 1.165) is 0 Å². The van der Waals surface area contributed by atoms with E-state index in [4.69, 9.17) is 33.0 Å². The van der Waals surface area contributed by atoms with E-state index in [9.17, 15) is 0 Å². The van der Waals surface area contributed by atoms with E-state index >= 15 is 0 Å². The molecule has 0 aliphatic rings. The van der Waals surface area contributed by atoms with Crippen LogP contribution in [0.1, 0.15) is 6.92 Å². The number of hydrogen-bond donors (Lipinski definition) is 1.